The standard InChI is InChI=1S/C16H24N2O3/c1-20-16(19)14-6-8-18(12-14)7-3-9-21-15-5-2-4-13(10-15)11-17/h2,4-5,10,14H,3,6-9,11-12,17H2,1H3. The van der Waals surface area contributed by atoms with Gasteiger partial charge in [-0.15, -0.1) is 0 Å². The van der Waals surface area contributed by atoms with Crippen molar-refractivity contribution >= 4 is 5.97 Å². The molecule has 1 unspecified atom stereocenters. The van der Waals surface area contributed by atoms with Gasteiger partial charge in [0.1, 0.15) is 5.75 Å². The van der Waals surface area contributed by atoms with Crippen LogP contribution in [0.5, 0.6) is 5.75 Å². The van der Waals surface area contributed by atoms with Crippen LogP contribution < -0.4 is 10.5 Å². The maximum atomic E-state index is 11.5. The van der Waals surface area contributed by atoms with E-state index in [4.69, 9.17) is 15.2 Å². The van der Waals surface area contributed by atoms with Gasteiger partial charge in [-0.05, 0) is 37.1 Å². The van der Waals surface area contributed by atoms with Gasteiger partial charge in [0, 0.05) is 19.6 Å². The molecule has 0 aromatic heterocycles. The van der Waals surface area contributed by atoms with Crippen LogP contribution in [-0.4, -0.2) is 44.2 Å². The van der Waals surface area contributed by atoms with Crippen molar-refractivity contribution in [1.29, 1.82) is 0 Å². The predicted molar refractivity (Wildman–Crippen MR) is 81.0 cm³/mol. The molecule has 1 saturated heterocycles. The van der Waals surface area contributed by atoms with Gasteiger partial charge >= 0.3 is 5.97 Å². The molecule has 1 aliphatic heterocycles. The van der Waals surface area contributed by atoms with Gasteiger partial charge in [-0.3, -0.25) is 4.79 Å². The van der Waals surface area contributed by atoms with E-state index in [1.165, 1.54) is 7.11 Å². The third-order valence-electron chi connectivity index (χ3n) is 3.83. The van der Waals surface area contributed by atoms with E-state index in [1.54, 1.807) is 0 Å². The normalized spacial score (nSPS) is 18.7. The lowest BCUT2D eigenvalue weighted by atomic mass is 10.1. The summed E-state index contributed by atoms with van der Waals surface area (Å²) in [5.74, 6) is 0.816. The number of methoxy groups -OCH3 is 1. The van der Waals surface area contributed by atoms with Crippen LogP contribution in [0.25, 0.3) is 0 Å². The first-order chi connectivity index (χ1) is 10.2. The summed E-state index contributed by atoms with van der Waals surface area (Å²) in [6.45, 7) is 3.91. The first kappa shape index (κ1) is 15.8. The van der Waals surface area contributed by atoms with E-state index in [0.29, 0.717) is 13.2 Å². The molecule has 0 bridgehead atoms. The Morgan fingerprint density at radius 3 is 3.10 bits per heavy atom. The number of benzene rings is 1. The first-order valence-corrected chi connectivity index (χ1v) is 7.45. The number of likely N-dealkylation sites (tertiary alicyclic amines) is 1. The minimum atomic E-state index is -0.0904. The largest absolute Gasteiger partial charge is 0.494 e. The monoisotopic (exact) mass is 292 g/mol. The van der Waals surface area contributed by atoms with Crippen LogP contribution in [0, 0.1) is 5.92 Å². The lowest BCUT2D eigenvalue weighted by molar-refractivity contribution is -0.144. The van der Waals surface area contributed by atoms with Gasteiger partial charge in [0.25, 0.3) is 0 Å². The zero-order valence-corrected chi connectivity index (χ0v) is 12.6. The van der Waals surface area contributed by atoms with Gasteiger partial charge in [0.15, 0.2) is 0 Å². The molecular formula is C16H24N2O3. The number of ether oxygens (including phenoxy) is 2. The van der Waals surface area contributed by atoms with Crippen molar-refractivity contribution in [2.45, 2.75) is 19.4 Å². The molecule has 0 amide bonds. The Morgan fingerprint density at radius 2 is 2.33 bits per heavy atom. The number of nitrogens with zero attached hydrogens (tertiary/aromatic N) is 1. The van der Waals surface area contributed by atoms with Crippen LogP contribution in [0.1, 0.15) is 18.4 Å². The van der Waals surface area contributed by atoms with E-state index >= 15 is 0 Å². The molecule has 1 aromatic carbocycles. The van der Waals surface area contributed by atoms with Gasteiger partial charge in [-0.25, -0.2) is 0 Å². The van der Waals surface area contributed by atoms with Gasteiger partial charge in [-0.1, -0.05) is 12.1 Å². The van der Waals surface area contributed by atoms with Crippen molar-refractivity contribution < 1.29 is 14.3 Å². The number of rotatable bonds is 7. The van der Waals surface area contributed by atoms with Crippen molar-refractivity contribution in [1.82, 2.24) is 4.90 Å². The molecule has 0 radical (unpaired) electrons. The Bertz CT molecular complexity index is 465. The number of carbonyl (C=O) groups excluding carboxylic acids is 1. The van der Waals surface area contributed by atoms with Crippen LogP contribution in [0.15, 0.2) is 24.3 Å². The molecule has 1 heterocycles. The second-order valence-electron chi connectivity index (χ2n) is 5.36. The molecule has 1 atom stereocenters. The van der Waals surface area contributed by atoms with Crippen molar-refractivity contribution in [2.24, 2.45) is 11.7 Å². The molecule has 5 heteroatoms. The molecule has 0 spiro atoms. The van der Waals surface area contributed by atoms with Crippen molar-refractivity contribution in [3.8, 4) is 5.75 Å². The highest BCUT2D eigenvalue weighted by molar-refractivity contribution is 5.72. The zero-order valence-electron chi connectivity index (χ0n) is 12.6. The van der Waals surface area contributed by atoms with E-state index < -0.39 is 0 Å². The number of hydrogen-bond donors (Lipinski definition) is 1. The molecule has 2 rings (SSSR count). The fourth-order valence-corrected chi connectivity index (χ4v) is 2.64. The summed E-state index contributed by atoms with van der Waals surface area (Å²) in [6.07, 6.45) is 1.84. The van der Waals surface area contributed by atoms with Gasteiger partial charge in [-0.2, -0.15) is 0 Å². The van der Waals surface area contributed by atoms with E-state index in [-0.39, 0.29) is 11.9 Å². The maximum Gasteiger partial charge on any atom is 0.310 e. The number of hydrogen-bond acceptors (Lipinski definition) is 5. The van der Waals surface area contributed by atoms with Crippen LogP contribution in [0.3, 0.4) is 0 Å². The van der Waals surface area contributed by atoms with E-state index in [0.717, 1.165) is 43.8 Å². The van der Waals surface area contributed by atoms with Crippen LogP contribution in [-0.2, 0) is 16.1 Å². The Labute approximate surface area is 126 Å². The maximum absolute atomic E-state index is 11.5. The molecule has 0 saturated carbocycles. The van der Waals surface area contributed by atoms with Crippen LogP contribution in [0.4, 0.5) is 0 Å². The highest BCUT2D eigenvalue weighted by Gasteiger charge is 2.28. The quantitative estimate of drug-likeness (QED) is 0.608. The minimum Gasteiger partial charge on any atom is -0.494 e. The average Bonchev–Trinajstić information content (AvgIpc) is 3.00. The fraction of sp³-hybridized carbons (Fsp3) is 0.562. The summed E-state index contributed by atoms with van der Waals surface area (Å²) < 4.78 is 10.5. The Hall–Kier alpha value is -1.59. The molecule has 116 valence electrons. The van der Waals surface area contributed by atoms with E-state index in [2.05, 4.69) is 4.90 Å². The SMILES string of the molecule is COC(=O)C1CCN(CCCOc2cccc(CN)c2)C1. The molecular weight excluding hydrogens is 268 g/mol. The molecule has 0 aliphatic carbocycles. The number of esters is 1. The Morgan fingerprint density at radius 1 is 1.48 bits per heavy atom. The molecule has 21 heavy (non-hydrogen) atoms. The van der Waals surface area contributed by atoms with Gasteiger partial charge < -0.3 is 20.1 Å². The predicted octanol–water partition coefficient (Wildman–Crippen LogP) is 1.41. The second kappa shape index (κ2) is 8.00. The average molecular weight is 292 g/mol. The van der Waals surface area contributed by atoms with Crippen LogP contribution in [0.2, 0.25) is 0 Å². The number of nitrogens with two attached hydrogens (primary N) is 1. The van der Waals surface area contributed by atoms with E-state index in [9.17, 15) is 4.79 Å². The molecule has 1 aliphatic rings. The lowest BCUT2D eigenvalue weighted by Gasteiger charge is -2.15. The third-order valence-corrected chi connectivity index (χ3v) is 3.83. The summed E-state index contributed by atoms with van der Waals surface area (Å²) in [6, 6.07) is 7.87. The summed E-state index contributed by atoms with van der Waals surface area (Å²) in [5.41, 5.74) is 6.68. The molecule has 5 nitrogen and oxygen atoms in total. The second-order valence-corrected chi connectivity index (χ2v) is 5.36. The third kappa shape index (κ3) is 4.72. The van der Waals surface area contributed by atoms with Crippen LogP contribution >= 0.6 is 0 Å². The van der Waals surface area contributed by atoms with Crippen molar-refractivity contribution in [3.05, 3.63) is 29.8 Å². The van der Waals surface area contributed by atoms with E-state index in [1.807, 2.05) is 24.3 Å². The topological polar surface area (TPSA) is 64.8 Å². The smallest absolute Gasteiger partial charge is 0.310 e. The summed E-state index contributed by atoms with van der Waals surface area (Å²) in [7, 11) is 1.45. The van der Waals surface area contributed by atoms with Gasteiger partial charge in [0.2, 0.25) is 0 Å². The Balaban J connectivity index is 1.65. The first-order valence-electron chi connectivity index (χ1n) is 7.45. The highest BCUT2D eigenvalue weighted by atomic mass is 16.5. The summed E-state index contributed by atoms with van der Waals surface area (Å²) >= 11 is 0. The highest BCUT2D eigenvalue weighted by Crippen LogP contribution is 2.18. The number of carbonyl (C=O) groups is 1. The van der Waals surface area contributed by atoms with Crippen molar-refractivity contribution in [3.63, 3.8) is 0 Å². The zero-order chi connectivity index (χ0) is 15.1. The van der Waals surface area contributed by atoms with Crippen molar-refractivity contribution in [2.75, 3.05) is 33.4 Å². The summed E-state index contributed by atoms with van der Waals surface area (Å²) in [4.78, 5) is 13.7. The lowest BCUT2D eigenvalue weighted by Crippen LogP contribution is -2.25. The Kier molecular flexibility index (Phi) is 6.02. The van der Waals surface area contributed by atoms with Gasteiger partial charge in [0.05, 0.1) is 19.6 Å². The molecule has 2 N–H and O–H groups in total. The summed E-state index contributed by atoms with van der Waals surface area (Å²) in [5, 5.41) is 0. The molecule has 1 fully saturated rings. The fourth-order valence-electron chi connectivity index (χ4n) is 2.64. The molecule has 1 aromatic rings. The minimum absolute atomic E-state index is 0.0390.